The van der Waals surface area contributed by atoms with Crippen LogP contribution < -0.4 is 0 Å². The molecule has 2 rings (SSSR count). The molecular formula is C14H18N2O4. The minimum absolute atomic E-state index is 0.192. The zero-order valence-corrected chi connectivity index (χ0v) is 11.6. The topological polar surface area (TPSA) is 83.7 Å². The highest BCUT2D eigenvalue weighted by Gasteiger charge is 2.31. The number of aromatic carboxylic acids is 1. The van der Waals surface area contributed by atoms with Gasteiger partial charge in [-0.15, -0.1) is 0 Å². The zero-order valence-electron chi connectivity index (χ0n) is 11.6. The average molecular weight is 278 g/mol. The van der Waals surface area contributed by atoms with Crippen molar-refractivity contribution in [3.63, 3.8) is 0 Å². The number of carboxylic acid groups (broad SMARTS) is 1. The molecule has 0 amide bonds. The van der Waals surface area contributed by atoms with Crippen LogP contribution in [0.15, 0.2) is 18.2 Å². The van der Waals surface area contributed by atoms with E-state index in [-0.39, 0.29) is 16.7 Å². The molecule has 0 aliphatic carbocycles. The minimum Gasteiger partial charge on any atom is -0.477 e. The van der Waals surface area contributed by atoms with Gasteiger partial charge in [0.1, 0.15) is 5.56 Å². The highest BCUT2D eigenvalue weighted by atomic mass is 16.6. The van der Waals surface area contributed by atoms with E-state index in [2.05, 4.69) is 18.7 Å². The summed E-state index contributed by atoms with van der Waals surface area (Å²) < 4.78 is 0. The molecule has 1 fully saturated rings. The van der Waals surface area contributed by atoms with Gasteiger partial charge in [-0.25, -0.2) is 4.79 Å². The Morgan fingerprint density at radius 2 is 2.20 bits per heavy atom. The second-order valence-corrected chi connectivity index (χ2v) is 6.00. The summed E-state index contributed by atoms with van der Waals surface area (Å²) in [5.41, 5.74) is 0.185. The lowest BCUT2D eigenvalue weighted by Gasteiger charge is -2.20. The van der Waals surface area contributed by atoms with Gasteiger partial charge in [0.2, 0.25) is 0 Å². The van der Waals surface area contributed by atoms with Gasteiger partial charge in [-0.05, 0) is 23.9 Å². The largest absolute Gasteiger partial charge is 0.477 e. The molecule has 0 atom stereocenters. The molecule has 0 spiro atoms. The van der Waals surface area contributed by atoms with Crippen LogP contribution in [-0.2, 0) is 6.54 Å². The number of carboxylic acids is 1. The van der Waals surface area contributed by atoms with Gasteiger partial charge in [-0.2, -0.15) is 0 Å². The van der Waals surface area contributed by atoms with Crippen molar-refractivity contribution in [3.8, 4) is 0 Å². The fourth-order valence-corrected chi connectivity index (χ4v) is 2.72. The number of nitro benzene ring substituents is 1. The van der Waals surface area contributed by atoms with Crippen LogP contribution in [0.4, 0.5) is 5.69 Å². The lowest BCUT2D eigenvalue weighted by atomic mass is 9.93. The maximum absolute atomic E-state index is 11.3. The molecule has 6 heteroatoms. The van der Waals surface area contributed by atoms with E-state index in [1.165, 1.54) is 6.07 Å². The Kier molecular flexibility index (Phi) is 3.76. The van der Waals surface area contributed by atoms with Crippen LogP contribution in [-0.4, -0.2) is 34.0 Å². The lowest BCUT2D eigenvalue weighted by Crippen LogP contribution is -2.24. The second-order valence-electron chi connectivity index (χ2n) is 6.00. The van der Waals surface area contributed by atoms with E-state index in [1.807, 2.05) is 0 Å². The predicted octanol–water partition coefficient (Wildman–Crippen LogP) is 2.52. The van der Waals surface area contributed by atoms with Crippen molar-refractivity contribution in [3.05, 3.63) is 39.4 Å². The van der Waals surface area contributed by atoms with Gasteiger partial charge in [-0.1, -0.05) is 26.0 Å². The smallest absolute Gasteiger partial charge is 0.343 e. The van der Waals surface area contributed by atoms with Gasteiger partial charge in [0, 0.05) is 19.2 Å². The van der Waals surface area contributed by atoms with E-state index >= 15 is 0 Å². The molecule has 1 heterocycles. The molecule has 1 N–H and O–H groups in total. The molecule has 108 valence electrons. The van der Waals surface area contributed by atoms with Gasteiger partial charge >= 0.3 is 5.97 Å². The van der Waals surface area contributed by atoms with E-state index in [1.54, 1.807) is 12.1 Å². The Balaban J connectivity index is 2.30. The van der Waals surface area contributed by atoms with Gasteiger partial charge in [-0.3, -0.25) is 15.0 Å². The molecular weight excluding hydrogens is 260 g/mol. The summed E-state index contributed by atoms with van der Waals surface area (Å²) in [7, 11) is 0. The van der Waals surface area contributed by atoms with Crippen LogP contribution in [0.5, 0.6) is 0 Å². The Morgan fingerprint density at radius 3 is 2.70 bits per heavy atom. The number of carbonyl (C=O) groups is 1. The monoisotopic (exact) mass is 278 g/mol. The van der Waals surface area contributed by atoms with Crippen molar-refractivity contribution < 1.29 is 14.8 Å². The van der Waals surface area contributed by atoms with Crippen LogP contribution in [0, 0.1) is 15.5 Å². The Morgan fingerprint density at radius 1 is 1.50 bits per heavy atom. The molecule has 1 aliphatic rings. The van der Waals surface area contributed by atoms with E-state index in [4.69, 9.17) is 0 Å². The molecule has 0 radical (unpaired) electrons. The first-order valence-electron chi connectivity index (χ1n) is 6.52. The quantitative estimate of drug-likeness (QED) is 0.675. The fraction of sp³-hybridized carbons (Fsp3) is 0.500. The van der Waals surface area contributed by atoms with Crippen molar-refractivity contribution in [2.24, 2.45) is 5.41 Å². The summed E-state index contributed by atoms with van der Waals surface area (Å²) in [4.78, 5) is 23.8. The third kappa shape index (κ3) is 2.96. The van der Waals surface area contributed by atoms with Crippen molar-refractivity contribution in [1.29, 1.82) is 0 Å². The summed E-state index contributed by atoms with van der Waals surface area (Å²) in [6, 6.07) is 4.43. The van der Waals surface area contributed by atoms with Gasteiger partial charge in [0.05, 0.1) is 4.92 Å². The number of benzene rings is 1. The third-order valence-electron chi connectivity index (χ3n) is 3.69. The number of nitro groups is 1. The van der Waals surface area contributed by atoms with Crippen molar-refractivity contribution >= 4 is 11.7 Å². The maximum atomic E-state index is 11.3. The Bertz CT molecular complexity index is 554. The third-order valence-corrected chi connectivity index (χ3v) is 3.69. The van der Waals surface area contributed by atoms with Gasteiger partial charge in [0.15, 0.2) is 0 Å². The average Bonchev–Trinajstić information content (AvgIpc) is 2.68. The molecule has 6 nitrogen and oxygen atoms in total. The van der Waals surface area contributed by atoms with E-state index in [0.29, 0.717) is 12.1 Å². The van der Waals surface area contributed by atoms with Crippen LogP contribution in [0.3, 0.4) is 0 Å². The van der Waals surface area contributed by atoms with E-state index < -0.39 is 10.9 Å². The number of hydrogen-bond acceptors (Lipinski definition) is 4. The second kappa shape index (κ2) is 5.20. The molecule has 1 aromatic carbocycles. The number of likely N-dealkylation sites (tertiary alicyclic amines) is 1. The first kappa shape index (κ1) is 14.5. The molecule has 1 aliphatic heterocycles. The predicted molar refractivity (Wildman–Crippen MR) is 73.7 cm³/mol. The summed E-state index contributed by atoms with van der Waals surface area (Å²) in [6.07, 6.45) is 1.05. The van der Waals surface area contributed by atoms with Crippen LogP contribution >= 0.6 is 0 Å². The standard InChI is InChI=1S/C14H18N2O4/c1-14(2)6-7-15(9-14)8-10-4-3-5-11(16(19)20)12(10)13(17)18/h3-5H,6-9H2,1-2H3,(H,17,18). The van der Waals surface area contributed by atoms with Crippen molar-refractivity contribution in [1.82, 2.24) is 4.90 Å². The lowest BCUT2D eigenvalue weighted by molar-refractivity contribution is -0.385. The zero-order chi connectivity index (χ0) is 14.9. The molecule has 0 saturated carbocycles. The van der Waals surface area contributed by atoms with E-state index in [0.717, 1.165) is 19.5 Å². The normalized spacial score (nSPS) is 18.1. The highest BCUT2D eigenvalue weighted by molar-refractivity contribution is 5.94. The minimum atomic E-state index is -1.24. The van der Waals surface area contributed by atoms with Gasteiger partial charge < -0.3 is 5.11 Å². The Labute approximate surface area is 117 Å². The van der Waals surface area contributed by atoms with Crippen LogP contribution in [0.2, 0.25) is 0 Å². The first-order chi connectivity index (χ1) is 9.30. The number of rotatable bonds is 4. The summed E-state index contributed by atoms with van der Waals surface area (Å²) >= 11 is 0. The Hall–Kier alpha value is -1.95. The number of nitrogens with zero attached hydrogens (tertiary/aromatic N) is 2. The molecule has 1 saturated heterocycles. The van der Waals surface area contributed by atoms with E-state index in [9.17, 15) is 20.0 Å². The SMILES string of the molecule is CC1(C)CCN(Cc2cccc([N+](=O)[O-])c2C(=O)O)C1. The fourth-order valence-electron chi connectivity index (χ4n) is 2.72. The summed E-state index contributed by atoms with van der Waals surface area (Å²) in [5, 5.41) is 20.2. The molecule has 0 aromatic heterocycles. The van der Waals surface area contributed by atoms with Crippen LogP contribution in [0.25, 0.3) is 0 Å². The van der Waals surface area contributed by atoms with Gasteiger partial charge in [0.25, 0.3) is 5.69 Å². The molecule has 0 unspecified atom stereocenters. The molecule has 20 heavy (non-hydrogen) atoms. The summed E-state index contributed by atoms with van der Waals surface area (Å²) in [5.74, 6) is -1.24. The molecule has 0 bridgehead atoms. The molecule has 1 aromatic rings. The maximum Gasteiger partial charge on any atom is 0.343 e. The first-order valence-corrected chi connectivity index (χ1v) is 6.52. The van der Waals surface area contributed by atoms with Crippen molar-refractivity contribution in [2.45, 2.75) is 26.8 Å². The van der Waals surface area contributed by atoms with Crippen LogP contribution in [0.1, 0.15) is 36.2 Å². The highest BCUT2D eigenvalue weighted by Crippen LogP contribution is 2.31. The summed E-state index contributed by atoms with van der Waals surface area (Å²) in [6.45, 7) is 6.52. The van der Waals surface area contributed by atoms with Crippen molar-refractivity contribution in [2.75, 3.05) is 13.1 Å². The number of hydrogen-bond donors (Lipinski definition) is 1.